The summed E-state index contributed by atoms with van der Waals surface area (Å²) in [6.07, 6.45) is 3.93. The minimum absolute atomic E-state index is 0.00510. The second-order valence-corrected chi connectivity index (χ2v) is 6.02. The first kappa shape index (κ1) is 15.3. The summed E-state index contributed by atoms with van der Waals surface area (Å²) in [4.78, 5) is 19.4. The molecule has 2 aromatic rings. The fourth-order valence-corrected chi connectivity index (χ4v) is 3.06. The molecule has 2 atom stereocenters. The molecule has 3 rings (SSSR count). The maximum absolute atomic E-state index is 12.5. The van der Waals surface area contributed by atoms with Crippen molar-refractivity contribution in [2.75, 3.05) is 13.1 Å². The molecular weight excluding hydrogens is 327 g/mol. The standard InChI is InChI=1S/C13H16Cl2N6O/c1-7-10(14)11(15)12(19-7)13(22)20-8-2-3-16-4-9(8)21-6-17-5-18-21/h5-6,8-9,16,19H,2-4H2,1H3,(H,20,22)/t8-,9+/m1/s1. The number of nitrogens with one attached hydrogen (secondary N) is 3. The van der Waals surface area contributed by atoms with Crippen molar-refractivity contribution in [2.24, 2.45) is 0 Å². The van der Waals surface area contributed by atoms with Gasteiger partial charge in [-0.25, -0.2) is 9.67 Å². The predicted molar refractivity (Wildman–Crippen MR) is 83.3 cm³/mol. The average Bonchev–Trinajstić information content (AvgIpc) is 3.13. The van der Waals surface area contributed by atoms with Crippen LogP contribution in [-0.2, 0) is 0 Å². The van der Waals surface area contributed by atoms with Crippen LogP contribution < -0.4 is 10.6 Å². The van der Waals surface area contributed by atoms with Gasteiger partial charge >= 0.3 is 0 Å². The molecule has 1 saturated heterocycles. The maximum atomic E-state index is 12.5. The van der Waals surface area contributed by atoms with E-state index in [9.17, 15) is 4.79 Å². The largest absolute Gasteiger partial charge is 0.352 e. The van der Waals surface area contributed by atoms with Crippen molar-refractivity contribution >= 4 is 29.1 Å². The Bertz CT molecular complexity index is 668. The number of nitrogens with zero attached hydrogens (tertiary/aromatic N) is 3. The number of piperidine rings is 1. The smallest absolute Gasteiger partial charge is 0.269 e. The van der Waals surface area contributed by atoms with Crippen molar-refractivity contribution < 1.29 is 4.79 Å². The summed E-state index contributed by atoms with van der Waals surface area (Å²) in [7, 11) is 0. The first-order valence-corrected chi connectivity index (χ1v) is 7.72. The Hall–Kier alpha value is -1.57. The summed E-state index contributed by atoms with van der Waals surface area (Å²) < 4.78 is 1.76. The highest BCUT2D eigenvalue weighted by Gasteiger charge is 2.30. The molecule has 22 heavy (non-hydrogen) atoms. The molecule has 9 heteroatoms. The second-order valence-electron chi connectivity index (χ2n) is 5.27. The lowest BCUT2D eigenvalue weighted by Crippen LogP contribution is -2.50. The summed E-state index contributed by atoms with van der Waals surface area (Å²) in [5.74, 6) is -0.267. The van der Waals surface area contributed by atoms with Gasteiger partial charge in [0.05, 0.1) is 22.1 Å². The summed E-state index contributed by atoms with van der Waals surface area (Å²) >= 11 is 12.1. The minimum Gasteiger partial charge on any atom is -0.352 e. The molecule has 3 heterocycles. The number of aromatic amines is 1. The van der Waals surface area contributed by atoms with E-state index in [1.807, 2.05) is 0 Å². The fourth-order valence-electron chi connectivity index (χ4n) is 2.65. The third-order valence-corrected chi connectivity index (χ3v) is 4.77. The summed E-state index contributed by atoms with van der Waals surface area (Å²) in [6.45, 7) is 3.31. The van der Waals surface area contributed by atoms with Gasteiger partial charge in [0.2, 0.25) is 0 Å². The molecule has 2 aromatic heterocycles. The molecule has 0 aromatic carbocycles. The van der Waals surface area contributed by atoms with Crippen LogP contribution in [0.1, 0.15) is 28.6 Å². The van der Waals surface area contributed by atoms with E-state index in [4.69, 9.17) is 23.2 Å². The molecule has 7 nitrogen and oxygen atoms in total. The third kappa shape index (κ3) is 2.84. The van der Waals surface area contributed by atoms with Crippen LogP contribution in [0, 0.1) is 6.92 Å². The Kier molecular flexibility index (Phi) is 4.37. The number of H-pyrrole nitrogens is 1. The molecule has 3 N–H and O–H groups in total. The van der Waals surface area contributed by atoms with Gasteiger partial charge < -0.3 is 15.6 Å². The molecular formula is C13H16Cl2N6O. The Morgan fingerprint density at radius 3 is 2.91 bits per heavy atom. The van der Waals surface area contributed by atoms with Crippen LogP contribution in [0.2, 0.25) is 10.0 Å². The quantitative estimate of drug-likeness (QED) is 0.789. The van der Waals surface area contributed by atoms with Crippen LogP contribution in [0.5, 0.6) is 0 Å². The van der Waals surface area contributed by atoms with Gasteiger partial charge in [-0.1, -0.05) is 23.2 Å². The zero-order valence-corrected chi connectivity index (χ0v) is 13.4. The van der Waals surface area contributed by atoms with E-state index in [2.05, 4.69) is 25.7 Å². The van der Waals surface area contributed by atoms with Crippen molar-refractivity contribution in [1.29, 1.82) is 0 Å². The number of rotatable bonds is 3. The summed E-state index contributed by atoms with van der Waals surface area (Å²) in [5, 5.41) is 11.1. The molecule has 118 valence electrons. The molecule has 0 radical (unpaired) electrons. The topological polar surface area (TPSA) is 87.6 Å². The third-order valence-electron chi connectivity index (χ3n) is 3.82. The van der Waals surface area contributed by atoms with Crippen LogP contribution in [0.4, 0.5) is 0 Å². The highest BCUT2D eigenvalue weighted by Crippen LogP contribution is 2.29. The molecule has 0 aliphatic carbocycles. The lowest BCUT2D eigenvalue weighted by atomic mass is 10.0. The lowest BCUT2D eigenvalue weighted by Gasteiger charge is -2.32. The molecule has 0 unspecified atom stereocenters. The van der Waals surface area contributed by atoms with E-state index < -0.39 is 0 Å². The van der Waals surface area contributed by atoms with Gasteiger partial charge in [0.15, 0.2) is 0 Å². The Balaban J connectivity index is 1.78. The van der Waals surface area contributed by atoms with Crippen molar-refractivity contribution in [3.63, 3.8) is 0 Å². The van der Waals surface area contributed by atoms with Crippen molar-refractivity contribution in [3.8, 4) is 0 Å². The number of aromatic nitrogens is 4. The van der Waals surface area contributed by atoms with Gasteiger partial charge in [-0.3, -0.25) is 4.79 Å². The van der Waals surface area contributed by atoms with Gasteiger partial charge in [-0.15, -0.1) is 0 Å². The monoisotopic (exact) mass is 342 g/mol. The highest BCUT2D eigenvalue weighted by atomic mass is 35.5. The molecule has 1 aliphatic heterocycles. The van der Waals surface area contributed by atoms with Gasteiger partial charge in [0.1, 0.15) is 18.3 Å². The Morgan fingerprint density at radius 2 is 2.27 bits per heavy atom. The highest BCUT2D eigenvalue weighted by molar-refractivity contribution is 6.44. The van der Waals surface area contributed by atoms with Crippen molar-refractivity contribution in [3.05, 3.63) is 34.1 Å². The van der Waals surface area contributed by atoms with E-state index in [1.165, 1.54) is 6.33 Å². The molecule has 1 amide bonds. The van der Waals surface area contributed by atoms with E-state index in [1.54, 1.807) is 17.9 Å². The SMILES string of the molecule is Cc1[nH]c(C(=O)N[C@@H]2CCNC[C@@H]2n2cncn2)c(Cl)c1Cl. The summed E-state index contributed by atoms with van der Waals surface area (Å²) in [5.41, 5.74) is 0.968. The molecule has 1 aliphatic rings. The van der Waals surface area contributed by atoms with E-state index >= 15 is 0 Å². The number of carbonyl (C=O) groups is 1. The van der Waals surface area contributed by atoms with E-state index in [-0.39, 0.29) is 23.0 Å². The van der Waals surface area contributed by atoms with Gasteiger partial charge in [-0.2, -0.15) is 5.10 Å². The number of hydrogen-bond donors (Lipinski definition) is 3. The zero-order chi connectivity index (χ0) is 15.7. The van der Waals surface area contributed by atoms with Crippen LogP contribution in [0.25, 0.3) is 0 Å². The number of aryl methyl sites for hydroxylation is 1. The number of hydrogen-bond acceptors (Lipinski definition) is 4. The van der Waals surface area contributed by atoms with Gasteiger partial charge in [-0.05, 0) is 19.9 Å². The first-order valence-electron chi connectivity index (χ1n) is 6.97. The summed E-state index contributed by atoms with van der Waals surface area (Å²) in [6, 6.07) is -0.0561. The van der Waals surface area contributed by atoms with Crippen LogP contribution >= 0.6 is 23.2 Å². The average molecular weight is 343 g/mol. The number of amides is 1. The van der Waals surface area contributed by atoms with E-state index in [0.717, 1.165) is 13.0 Å². The number of halogens is 2. The van der Waals surface area contributed by atoms with Crippen molar-refractivity contribution in [2.45, 2.75) is 25.4 Å². The fraction of sp³-hybridized carbons (Fsp3) is 0.462. The Labute approximate surface area is 137 Å². The number of carbonyl (C=O) groups excluding carboxylic acids is 1. The molecule has 1 fully saturated rings. The minimum atomic E-state index is -0.267. The molecule has 0 bridgehead atoms. The van der Waals surface area contributed by atoms with Crippen LogP contribution in [0.3, 0.4) is 0 Å². The lowest BCUT2D eigenvalue weighted by molar-refractivity contribution is 0.0905. The first-order chi connectivity index (χ1) is 10.6. The van der Waals surface area contributed by atoms with Gasteiger partial charge in [0, 0.05) is 12.2 Å². The van der Waals surface area contributed by atoms with Crippen molar-refractivity contribution in [1.82, 2.24) is 30.4 Å². The molecule has 0 spiro atoms. The predicted octanol–water partition coefficient (Wildman–Crippen LogP) is 1.55. The van der Waals surface area contributed by atoms with Crippen LogP contribution in [-0.4, -0.2) is 44.8 Å². The zero-order valence-electron chi connectivity index (χ0n) is 11.9. The normalized spacial score (nSPS) is 21.8. The van der Waals surface area contributed by atoms with Crippen LogP contribution in [0.15, 0.2) is 12.7 Å². The second kappa shape index (κ2) is 6.28. The van der Waals surface area contributed by atoms with E-state index in [0.29, 0.717) is 23.0 Å². The molecule has 0 saturated carbocycles. The Morgan fingerprint density at radius 1 is 1.45 bits per heavy atom. The maximum Gasteiger partial charge on any atom is 0.269 e. The van der Waals surface area contributed by atoms with Gasteiger partial charge in [0.25, 0.3) is 5.91 Å².